The second-order valence-corrected chi connectivity index (χ2v) is 6.92. The van der Waals surface area contributed by atoms with Gasteiger partial charge in [0.15, 0.2) is 0 Å². The van der Waals surface area contributed by atoms with Gasteiger partial charge >= 0.3 is 0 Å². The fraction of sp³-hybridized carbons (Fsp3) is 0.500. The van der Waals surface area contributed by atoms with E-state index >= 15 is 0 Å². The zero-order valence-corrected chi connectivity index (χ0v) is 15.3. The average Bonchev–Trinajstić information content (AvgIpc) is 3.04. The molecule has 1 saturated heterocycles. The maximum Gasteiger partial charge on any atom is 0.229 e. The minimum atomic E-state index is -1.57. The second kappa shape index (κ2) is 6.92. The van der Waals surface area contributed by atoms with Gasteiger partial charge in [0.05, 0.1) is 38.6 Å². The van der Waals surface area contributed by atoms with Crippen LogP contribution in [0.3, 0.4) is 0 Å². The van der Waals surface area contributed by atoms with Gasteiger partial charge in [0.1, 0.15) is 17.6 Å². The van der Waals surface area contributed by atoms with Crippen molar-refractivity contribution in [3.63, 3.8) is 0 Å². The summed E-state index contributed by atoms with van der Waals surface area (Å²) in [4.78, 5) is 0. The Morgan fingerprint density at radius 3 is 2.41 bits per heavy atom. The Balaban J connectivity index is 1.98. The molecular formula is C20H24O7. The summed E-state index contributed by atoms with van der Waals surface area (Å²) < 4.78 is 23.5. The van der Waals surface area contributed by atoms with Gasteiger partial charge < -0.3 is 34.3 Å². The molecule has 0 unspecified atom stereocenters. The van der Waals surface area contributed by atoms with E-state index in [1.807, 2.05) is 24.3 Å². The topological polar surface area (TPSA) is 97.6 Å². The van der Waals surface area contributed by atoms with Gasteiger partial charge in [0, 0.05) is 29.4 Å². The number of hydrogen-bond donors (Lipinski definition) is 3. The molecule has 27 heavy (non-hydrogen) atoms. The Bertz CT molecular complexity index is 852. The number of aliphatic hydroxyl groups excluding tert-OH is 3. The summed E-state index contributed by atoms with van der Waals surface area (Å²) in [6, 6.07) is 7.64. The SMILES string of the molecule is COc1c2c(c(OC)c3ccccc13)[C@@]1(OC2)O[C@H](CCO)C[C@H](O)[C@H]1O. The molecule has 146 valence electrons. The predicted molar refractivity (Wildman–Crippen MR) is 96.7 cm³/mol. The number of benzene rings is 2. The Morgan fingerprint density at radius 2 is 1.78 bits per heavy atom. The Hall–Kier alpha value is -1.90. The molecule has 1 fully saturated rings. The molecule has 3 N–H and O–H groups in total. The number of rotatable bonds is 4. The molecule has 2 aromatic rings. The zero-order valence-electron chi connectivity index (χ0n) is 15.3. The van der Waals surface area contributed by atoms with Gasteiger partial charge in [-0.05, 0) is 6.42 Å². The lowest BCUT2D eigenvalue weighted by atomic mass is 9.86. The van der Waals surface area contributed by atoms with Crippen molar-refractivity contribution < 1.29 is 34.3 Å². The molecule has 0 aromatic heterocycles. The molecular weight excluding hydrogens is 352 g/mol. The molecule has 2 aliphatic heterocycles. The van der Waals surface area contributed by atoms with E-state index in [4.69, 9.17) is 18.9 Å². The molecule has 4 atom stereocenters. The van der Waals surface area contributed by atoms with Crippen molar-refractivity contribution >= 4 is 10.8 Å². The quantitative estimate of drug-likeness (QED) is 0.743. The second-order valence-electron chi connectivity index (χ2n) is 6.92. The van der Waals surface area contributed by atoms with Crippen molar-refractivity contribution in [2.75, 3.05) is 20.8 Å². The maximum absolute atomic E-state index is 10.9. The lowest BCUT2D eigenvalue weighted by Crippen LogP contribution is -2.56. The highest BCUT2D eigenvalue weighted by atomic mass is 16.7. The van der Waals surface area contributed by atoms with E-state index in [2.05, 4.69) is 0 Å². The maximum atomic E-state index is 10.9. The van der Waals surface area contributed by atoms with Crippen LogP contribution in [0.5, 0.6) is 11.5 Å². The third kappa shape index (κ3) is 2.61. The third-order valence-electron chi connectivity index (χ3n) is 5.46. The first-order valence-electron chi connectivity index (χ1n) is 9.02. The number of aliphatic hydroxyl groups is 3. The van der Waals surface area contributed by atoms with E-state index in [9.17, 15) is 15.3 Å². The molecule has 2 heterocycles. The van der Waals surface area contributed by atoms with Crippen LogP contribution in [0.1, 0.15) is 24.0 Å². The highest BCUT2D eigenvalue weighted by Gasteiger charge is 2.57. The molecule has 2 aromatic carbocycles. The third-order valence-corrected chi connectivity index (χ3v) is 5.46. The van der Waals surface area contributed by atoms with Crippen LogP contribution < -0.4 is 9.47 Å². The van der Waals surface area contributed by atoms with Crippen LogP contribution >= 0.6 is 0 Å². The highest BCUT2D eigenvalue weighted by Crippen LogP contribution is 2.55. The number of methoxy groups -OCH3 is 2. The monoisotopic (exact) mass is 376 g/mol. The average molecular weight is 376 g/mol. The molecule has 4 rings (SSSR count). The van der Waals surface area contributed by atoms with Crippen molar-refractivity contribution in [2.24, 2.45) is 0 Å². The van der Waals surface area contributed by atoms with E-state index in [0.717, 1.165) is 16.3 Å². The van der Waals surface area contributed by atoms with Gasteiger partial charge in [-0.15, -0.1) is 0 Å². The Kier molecular flexibility index (Phi) is 4.73. The van der Waals surface area contributed by atoms with E-state index in [0.29, 0.717) is 23.5 Å². The molecule has 7 heteroatoms. The summed E-state index contributed by atoms with van der Waals surface area (Å²) in [6.07, 6.45) is -2.26. The molecule has 0 bridgehead atoms. The first kappa shape index (κ1) is 18.5. The summed E-state index contributed by atoms with van der Waals surface area (Å²) in [5.74, 6) is -0.419. The van der Waals surface area contributed by atoms with E-state index in [-0.39, 0.29) is 19.6 Å². The normalized spacial score (nSPS) is 29.9. The van der Waals surface area contributed by atoms with Crippen molar-refractivity contribution in [3.8, 4) is 11.5 Å². The van der Waals surface area contributed by atoms with Gasteiger partial charge in [-0.25, -0.2) is 0 Å². The van der Waals surface area contributed by atoms with Crippen LogP contribution in [0.15, 0.2) is 24.3 Å². The molecule has 7 nitrogen and oxygen atoms in total. The number of fused-ring (bicyclic) bond motifs is 3. The van der Waals surface area contributed by atoms with Gasteiger partial charge in [0.25, 0.3) is 0 Å². The summed E-state index contributed by atoms with van der Waals surface area (Å²) >= 11 is 0. The Morgan fingerprint density at radius 1 is 1.11 bits per heavy atom. The lowest BCUT2D eigenvalue weighted by molar-refractivity contribution is -0.346. The van der Waals surface area contributed by atoms with Crippen LogP contribution in [-0.2, 0) is 21.9 Å². The van der Waals surface area contributed by atoms with E-state index in [1.165, 1.54) is 0 Å². The summed E-state index contributed by atoms with van der Waals surface area (Å²) in [5, 5.41) is 32.3. The van der Waals surface area contributed by atoms with Crippen LogP contribution in [0.2, 0.25) is 0 Å². The predicted octanol–water partition coefficient (Wildman–Crippen LogP) is 1.43. The molecule has 1 spiro atoms. The number of hydrogen-bond acceptors (Lipinski definition) is 7. The van der Waals surface area contributed by atoms with Crippen molar-refractivity contribution in [1.82, 2.24) is 0 Å². The van der Waals surface area contributed by atoms with Gasteiger partial charge in [0.2, 0.25) is 5.79 Å². The molecule has 0 radical (unpaired) electrons. The standard InChI is InChI=1S/C20H24O7/c1-24-17-12-5-3-4-6-13(12)18(25-2)16-14(17)10-26-20(16)19(23)15(22)9-11(27-20)7-8-21/h3-6,11,15,19,21-23H,7-10H2,1-2H3/t11-,15+,19-,20-/m1/s1. The van der Waals surface area contributed by atoms with Crippen LogP contribution in [0, 0.1) is 0 Å². The Labute approximate surface area is 157 Å². The fourth-order valence-corrected chi connectivity index (χ4v) is 4.29. The summed E-state index contributed by atoms with van der Waals surface area (Å²) in [6.45, 7) is 0.0594. The molecule has 0 saturated carbocycles. The first-order valence-corrected chi connectivity index (χ1v) is 9.02. The minimum absolute atomic E-state index is 0.0887. The van der Waals surface area contributed by atoms with Crippen molar-refractivity contribution in [2.45, 2.75) is 43.5 Å². The van der Waals surface area contributed by atoms with Crippen LogP contribution in [0.25, 0.3) is 10.8 Å². The van der Waals surface area contributed by atoms with Crippen molar-refractivity contribution in [3.05, 3.63) is 35.4 Å². The first-order chi connectivity index (χ1) is 13.1. The number of ether oxygens (including phenoxy) is 4. The van der Waals surface area contributed by atoms with Gasteiger partial charge in [-0.3, -0.25) is 0 Å². The molecule has 2 aliphatic rings. The largest absolute Gasteiger partial charge is 0.496 e. The molecule has 0 aliphatic carbocycles. The molecule has 0 amide bonds. The van der Waals surface area contributed by atoms with Gasteiger partial charge in [-0.1, -0.05) is 24.3 Å². The summed E-state index contributed by atoms with van der Waals surface area (Å²) in [5.41, 5.74) is 1.26. The van der Waals surface area contributed by atoms with Gasteiger partial charge in [-0.2, -0.15) is 0 Å². The lowest BCUT2D eigenvalue weighted by Gasteiger charge is -2.44. The summed E-state index contributed by atoms with van der Waals surface area (Å²) in [7, 11) is 3.14. The minimum Gasteiger partial charge on any atom is -0.496 e. The fourth-order valence-electron chi connectivity index (χ4n) is 4.29. The van der Waals surface area contributed by atoms with E-state index < -0.39 is 24.1 Å². The zero-order chi connectivity index (χ0) is 19.2. The van der Waals surface area contributed by atoms with E-state index in [1.54, 1.807) is 14.2 Å². The highest BCUT2D eigenvalue weighted by molar-refractivity contribution is 5.96. The smallest absolute Gasteiger partial charge is 0.229 e. The van der Waals surface area contributed by atoms with Crippen LogP contribution in [-0.4, -0.2) is 54.5 Å². The van der Waals surface area contributed by atoms with Crippen molar-refractivity contribution in [1.29, 1.82) is 0 Å². The van der Waals surface area contributed by atoms with Crippen LogP contribution in [0.4, 0.5) is 0 Å².